The summed E-state index contributed by atoms with van der Waals surface area (Å²) in [7, 11) is 1.76. The van der Waals surface area contributed by atoms with Crippen LogP contribution < -0.4 is 14.8 Å². The minimum Gasteiger partial charge on any atom is -0.490 e. The minimum absolute atomic E-state index is 0.240. The van der Waals surface area contributed by atoms with Gasteiger partial charge in [0.25, 0.3) is 5.91 Å². The first kappa shape index (κ1) is 19.3. The molecule has 0 saturated heterocycles. The number of rotatable bonds is 8. The van der Waals surface area contributed by atoms with Gasteiger partial charge >= 0.3 is 0 Å². The summed E-state index contributed by atoms with van der Waals surface area (Å²) < 4.78 is 12.9. The van der Waals surface area contributed by atoms with Gasteiger partial charge in [-0.3, -0.25) is 4.79 Å². The normalized spacial score (nSPS) is 10.5. The second-order valence-electron chi connectivity index (χ2n) is 6.10. The van der Waals surface area contributed by atoms with Crippen LogP contribution in [0.2, 0.25) is 0 Å². The summed E-state index contributed by atoms with van der Waals surface area (Å²) in [4.78, 5) is 12.7. The van der Waals surface area contributed by atoms with Crippen molar-refractivity contribution in [2.45, 2.75) is 20.3 Å². The van der Waals surface area contributed by atoms with E-state index in [0.29, 0.717) is 41.8 Å². The number of aryl methyl sites for hydroxylation is 1. The Morgan fingerprint density at radius 3 is 2.68 bits per heavy atom. The molecule has 0 fully saturated rings. The molecule has 1 aromatic heterocycles. The minimum atomic E-state index is -0.240. The Balaban J connectivity index is 1.79. The third-order valence-electron chi connectivity index (χ3n) is 3.97. The van der Waals surface area contributed by atoms with E-state index in [0.717, 1.165) is 12.0 Å². The molecule has 1 amide bonds. The van der Waals surface area contributed by atoms with Gasteiger partial charge in [0.2, 0.25) is 0 Å². The molecule has 3 rings (SSSR count). The Bertz CT molecular complexity index is 955. The Hall–Kier alpha value is -3.42. The lowest BCUT2D eigenvalue weighted by molar-refractivity contribution is 0.102. The van der Waals surface area contributed by atoms with Crippen LogP contribution in [0, 0.1) is 0 Å². The van der Waals surface area contributed by atoms with Crippen molar-refractivity contribution in [1.82, 2.24) is 20.2 Å². The number of anilines is 1. The lowest BCUT2D eigenvalue weighted by Crippen LogP contribution is -2.12. The standard InChI is InChI=1S/C20H23N5O3/c1-4-11-28-17-10-9-15(13-18(17)27-5-2)20(26)21-16-8-6-7-14(12-16)19-22-23-24-25(19)3/h6-10,12-13H,4-5,11H2,1-3H3,(H,21,26). The zero-order chi connectivity index (χ0) is 19.9. The van der Waals surface area contributed by atoms with Crippen molar-refractivity contribution in [3.63, 3.8) is 0 Å². The quantitative estimate of drug-likeness (QED) is 0.644. The maximum absolute atomic E-state index is 12.7. The molecule has 28 heavy (non-hydrogen) atoms. The molecule has 8 nitrogen and oxygen atoms in total. The number of benzene rings is 2. The van der Waals surface area contributed by atoms with Crippen LogP contribution in [0.4, 0.5) is 5.69 Å². The molecule has 1 N–H and O–H groups in total. The first-order valence-corrected chi connectivity index (χ1v) is 9.16. The van der Waals surface area contributed by atoms with Crippen molar-refractivity contribution >= 4 is 11.6 Å². The van der Waals surface area contributed by atoms with Crippen molar-refractivity contribution in [1.29, 1.82) is 0 Å². The van der Waals surface area contributed by atoms with Gasteiger partial charge in [0.1, 0.15) is 0 Å². The topological polar surface area (TPSA) is 91.2 Å². The zero-order valence-electron chi connectivity index (χ0n) is 16.2. The number of nitrogens with zero attached hydrogens (tertiary/aromatic N) is 4. The van der Waals surface area contributed by atoms with E-state index in [1.807, 2.05) is 38.1 Å². The fourth-order valence-electron chi connectivity index (χ4n) is 2.66. The highest BCUT2D eigenvalue weighted by Crippen LogP contribution is 2.29. The molecule has 0 bridgehead atoms. The van der Waals surface area contributed by atoms with Gasteiger partial charge in [-0.2, -0.15) is 0 Å². The molecule has 0 aliphatic heterocycles. The SMILES string of the molecule is CCCOc1ccc(C(=O)Nc2cccc(-c3nnnn3C)c2)cc1OCC. The lowest BCUT2D eigenvalue weighted by atomic mass is 10.1. The average Bonchev–Trinajstić information content (AvgIpc) is 3.13. The molecule has 0 atom stereocenters. The number of amides is 1. The highest BCUT2D eigenvalue weighted by Gasteiger charge is 2.13. The Morgan fingerprint density at radius 1 is 1.11 bits per heavy atom. The van der Waals surface area contributed by atoms with Gasteiger partial charge < -0.3 is 14.8 Å². The molecule has 0 saturated carbocycles. The van der Waals surface area contributed by atoms with E-state index in [9.17, 15) is 4.79 Å². The van der Waals surface area contributed by atoms with E-state index in [-0.39, 0.29) is 5.91 Å². The molecule has 1 heterocycles. The molecule has 8 heteroatoms. The second kappa shape index (κ2) is 8.98. The number of ether oxygens (including phenoxy) is 2. The lowest BCUT2D eigenvalue weighted by Gasteiger charge is -2.13. The highest BCUT2D eigenvalue weighted by molar-refractivity contribution is 6.04. The monoisotopic (exact) mass is 381 g/mol. The molecule has 146 valence electrons. The summed E-state index contributed by atoms with van der Waals surface area (Å²) in [5, 5.41) is 14.4. The summed E-state index contributed by atoms with van der Waals surface area (Å²) >= 11 is 0. The third-order valence-corrected chi connectivity index (χ3v) is 3.97. The van der Waals surface area contributed by atoms with Gasteiger partial charge in [-0.1, -0.05) is 19.1 Å². The third kappa shape index (κ3) is 4.46. The largest absolute Gasteiger partial charge is 0.490 e. The number of tetrazole rings is 1. The van der Waals surface area contributed by atoms with Gasteiger partial charge in [-0.05, 0) is 54.1 Å². The Kier molecular flexibility index (Phi) is 6.21. The zero-order valence-corrected chi connectivity index (χ0v) is 16.2. The summed E-state index contributed by atoms with van der Waals surface area (Å²) in [5.41, 5.74) is 1.94. The van der Waals surface area contributed by atoms with Crippen molar-refractivity contribution in [2.24, 2.45) is 7.05 Å². The highest BCUT2D eigenvalue weighted by atomic mass is 16.5. The fourth-order valence-corrected chi connectivity index (χ4v) is 2.66. The van der Waals surface area contributed by atoms with Crippen LogP contribution in [0.15, 0.2) is 42.5 Å². The molecule has 0 spiro atoms. The van der Waals surface area contributed by atoms with Gasteiger partial charge in [0.05, 0.1) is 13.2 Å². The summed E-state index contributed by atoms with van der Waals surface area (Å²) in [5.74, 6) is 1.57. The van der Waals surface area contributed by atoms with Gasteiger partial charge in [0.15, 0.2) is 17.3 Å². The van der Waals surface area contributed by atoms with Gasteiger partial charge in [-0.25, -0.2) is 4.68 Å². The van der Waals surface area contributed by atoms with Crippen molar-refractivity contribution in [2.75, 3.05) is 18.5 Å². The maximum Gasteiger partial charge on any atom is 0.255 e. The van der Waals surface area contributed by atoms with Gasteiger partial charge in [0, 0.05) is 23.9 Å². The van der Waals surface area contributed by atoms with E-state index in [2.05, 4.69) is 20.8 Å². The number of carbonyl (C=O) groups excluding carboxylic acids is 1. The summed E-state index contributed by atoms with van der Waals surface area (Å²) in [6.45, 7) is 5.01. The van der Waals surface area contributed by atoms with Crippen molar-refractivity contribution < 1.29 is 14.3 Å². The molecule has 2 aromatic carbocycles. The molecular weight excluding hydrogens is 358 g/mol. The fraction of sp³-hybridized carbons (Fsp3) is 0.300. The van der Waals surface area contributed by atoms with E-state index in [1.54, 1.807) is 29.9 Å². The van der Waals surface area contributed by atoms with Crippen LogP contribution in [-0.4, -0.2) is 39.3 Å². The summed E-state index contributed by atoms with van der Waals surface area (Å²) in [6.07, 6.45) is 0.894. The van der Waals surface area contributed by atoms with Crippen LogP contribution in [0.1, 0.15) is 30.6 Å². The number of aromatic nitrogens is 4. The smallest absolute Gasteiger partial charge is 0.255 e. The molecule has 0 radical (unpaired) electrons. The van der Waals surface area contributed by atoms with Gasteiger partial charge in [-0.15, -0.1) is 5.10 Å². The Morgan fingerprint density at radius 2 is 1.96 bits per heavy atom. The first-order chi connectivity index (χ1) is 13.6. The van der Waals surface area contributed by atoms with Crippen LogP contribution in [-0.2, 0) is 7.05 Å². The van der Waals surface area contributed by atoms with Crippen LogP contribution in [0.3, 0.4) is 0 Å². The second-order valence-corrected chi connectivity index (χ2v) is 6.10. The van der Waals surface area contributed by atoms with Crippen LogP contribution in [0.25, 0.3) is 11.4 Å². The van der Waals surface area contributed by atoms with Crippen molar-refractivity contribution in [3.8, 4) is 22.9 Å². The van der Waals surface area contributed by atoms with E-state index >= 15 is 0 Å². The predicted octanol–water partition coefficient (Wildman–Crippen LogP) is 3.32. The van der Waals surface area contributed by atoms with Crippen molar-refractivity contribution in [3.05, 3.63) is 48.0 Å². The molecule has 0 unspecified atom stereocenters. The average molecular weight is 381 g/mol. The van der Waals surface area contributed by atoms with E-state index in [1.165, 1.54) is 0 Å². The molecular formula is C20H23N5O3. The maximum atomic E-state index is 12.7. The first-order valence-electron chi connectivity index (χ1n) is 9.16. The number of hydrogen-bond donors (Lipinski definition) is 1. The van der Waals surface area contributed by atoms with Crippen LogP contribution in [0.5, 0.6) is 11.5 Å². The number of hydrogen-bond acceptors (Lipinski definition) is 6. The van der Waals surface area contributed by atoms with Crippen LogP contribution >= 0.6 is 0 Å². The number of carbonyl (C=O) groups is 1. The van der Waals surface area contributed by atoms with E-state index < -0.39 is 0 Å². The molecule has 0 aliphatic rings. The van der Waals surface area contributed by atoms with E-state index in [4.69, 9.17) is 9.47 Å². The Labute approximate surface area is 163 Å². The molecule has 3 aromatic rings. The predicted molar refractivity (Wildman–Crippen MR) is 106 cm³/mol. The molecule has 0 aliphatic carbocycles. The summed E-state index contributed by atoms with van der Waals surface area (Å²) in [6, 6.07) is 12.5. The number of nitrogens with one attached hydrogen (secondary N) is 1.